The Kier molecular flexibility index (Phi) is 5.58. The minimum Gasteiger partial charge on any atom is -0.478 e. The number of carbonyl (C=O) groups is 1. The Hall–Kier alpha value is -3.22. The second kappa shape index (κ2) is 8.24. The largest absolute Gasteiger partial charge is 0.478 e. The maximum Gasteiger partial charge on any atom is 0.260 e. The fourth-order valence-corrected chi connectivity index (χ4v) is 2.28. The van der Waals surface area contributed by atoms with E-state index in [-0.39, 0.29) is 11.7 Å². The fraction of sp³-hybridized carbons (Fsp3) is 0.211. The fourth-order valence-electron chi connectivity index (χ4n) is 2.28. The Morgan fingerprint density at radius 2 is 1.92 bits per heavy atom. The Balaban J connectivity index is 1.48. The van der Waals surface area contributed by atoms with Crippen LogP contribution in [0.25, 0.3) is 11.4 Å². The maximum atomic E-state index is 13.5. The summed E-state index contributed by atoms with van der Waals surface area (Å²) in [6.07, 6.45) is -0.438. The molecule has 2 aromatic carbocycles. The van der Waals surface area contributed by atoms with Gasteiger partial charge in [-0.1, -0.05) is 47.6 Å². The van der Waals surface area contributed by atoms with Gasteiger partial charge in [0.1, 0.15) is 0 Å². The first-order valence-electron chi connectivity index (χ1n) is 8.20. The summed E-state index contributed by atoms with van der Waals surface area (Å²) in [5.41, 5.74) is 0.860. The number of nitrogens with one attached hydrogen (secondary N) is 1. The van der Waals surface area contributed by atoms with Gasteiger partial charge in [0.15, 0.2) is 17.7 Å². The van der Waals surface area contributed by atoms with E-state index in [1.54, 1.807) is 19.1 Å². The Bertz CT molecular complexity index is 867. The number of hydrogen-bond donors (Lipinski definition) is 1. The molecule has 1 amide bonds. The van der Waals surface area contributed by atoms with Crippen molar-refractivity contribution in [3.63, 3.8) is 0 Å². The lowest BCUT2D eigenvalue weighted by atomic mass is 10.2. The Labute approximate surface area is 150 Å². The molecule has 0 saturated heterocycles. The number of rotatable bonds is 7. The van der Waals surface area contributed by atoms with E-state index in [1.165, 1.54) is 12.1 Å². The summed E-state index contributed by atoms with van der Waals surface area (Å²) in [7, 11) is 0. The highest BCUT2D eigenvalue weighted by Gasteiger charge is 2.16. The van der Waals surface area contributed by atoms with Gasteiger partial charge in [0.2, 0.25) is 11.7 Å². The molecular formula is C19H18FN3O3. The van der Waals surface area contributed by atoms with E-state index in [9.17, 15) is 9.18 Å². The molecule has 0 aliphatic rings. The first kappa shape index (κ1) is 17.6. The molecule has 0 spiro atoms. The average molecular weight is 355 g/mol. The number of carbonyl (C=O) groups excluding carboxylic acids is 1. The van der Waals surface area contributed by atoms with E-state index in [0.717, 1.165) is 5.56 Å². The molecule has 6 nitrogen and oxygen atoms in total. The lowest BCUT2D eigenvalue weighted by Crippen LogP contribution is -2.37. The van der Waals surface area contributed by atoms with E-state index in [0.29, 0.717) is 24.7 Å². The predicted octanol–water partition coefficient (Wildman–Crippen LogP) is 3.00. The molecule has 0 unspecified atom stereocenters. The second-order valence-corrected chi connectivity index (χ2v) is 5.61. The first-order valence-corrected chi connectivity index (χ1v) is 8.20. The number of hydrogen-bond acceptors (Lipinski definition) is 5. The highest BCUT2D eigenvalue weighted by Crippen LogP contribution is 2.17. The molecule has 0 bridgehead atoms. The van der Waals surface area contributed by atoms with Crippen LogP contribution in [0.5, 0.6) is 5.75 Å². The number of ether oxygens (including phenoxy) is 1. The molecule has 0 fully saturated rings. The molecule has 3 rings (SSSR count). The van der Waals surface area contributed by atoms with Gasteiger partial charge in [-0.15, -0.1) is 0 Å². The van der Waals surface area contributed by atoms with Gasteiger partial charge in [-0.25, -0.2) is 4.39 Å². The average Bonchev–Trinajstić information content (AvgIpc) is 3.13. The van der Waals surface area contributed by atoms with Crippen molar-refractivity contribution in [2.45, 2.75) is 19.4 Å². The monoisotopic (exact) mass is 355 g/mol. The summed E-state index contributed by atoms with van der Waals surface area (Å²) < 4.78 is 24.1. The van der Waals surface area contributed by atoms with E-state index >= 15 is 0 Å². The standard InChI is InChI=1S/C19H18FN3O3/c1-13(25-16-10-6-5-9-15(16)20)19(24)21-12-11-17-22-18(23-26-17)14-7-3-2-4-8-14/h2-10,13H,11-12H2,1H3,(H,21,24)/t13-/m0/s1. The van der Waals surface area contributed by atoms with Crippen molar-refractivity contribution in [2.24, 2.45) is 0 Å². The third kappa shape index (κ3) is 4.44. The molecule has 0 aliphatic heterocycles. The van der Waals surface area contributed by atoms with E-state index in [1.807, 2.05) is 30.3 Å². The van der Waals surface area contributed by atoms with Crippen LogP contribution < -0.4 is 10.1 Å². The van der Waals surface area contributed by atoms with E-state index in [4.69, 9.17) is 9.26 Å². The highest BCUT2D eigenvalue weighted by atomic mass is 19.1. The van der Waals surface area contributed by atoms with Crippen molar-refractivity contribution in [3.8, 4) is 17.1 Å². The molecule has 1 aromatic heterocycles. The molecule has 1 atom stereocenters. The number of para-hydroxylation sites is 1. The molecule has 0 radical (unpaired) electrons. The second-order valence-electron chi connectivity index (χ2n) is 5.61. The zero-order chi connectivity index (χ0) is 18.4. The van der Waals surface area contributed by atoms with Crippen LogP contribution in [0, 0.1) is 5.82 Å². The number of halogens is 1. The molecule has 1 heterocycles. The van der Waals surface area contributed by atoms with Crippen LogP contribution in [0.1, 0.15) is 12.8 Å². The summed E-state index contributed by atoms with van der Waals surface area (Å²) in [5.74, 6) is 0.108. The normalized spacial score (nSPS) is 11.8. The third-order valence-electron chi connectivity index (χ3n) is 3.65. The van der Waals surface area contributed by atoms with Crippen molar-refractivity contribution in [1.82, 2.24) is 15.5 Å². The van der Waals surface area contributed by atoms with Gasteiger partial charge in [0, 0.05) is 18.5 Å². The van der Waals surface area contributed by atoms with Crippen LogP contribution >= 0.6 is 0 Å². The minimum absolute atomic E-state index is 0.0413. The molecular weight excluding hydrogens is 337 g/mol. The highest BCUT2D eigenvalue weighted by molar-refractivity contribution is 5.80. The lowest BCUT2D eigenvalue weighted by Gasteiger charge is -2.14. The summed E-state index contributed by atoms with van der Waals surface area (Å²) >= 11 is 0. The zero-order valence-electron chi connectivity index (χ0n) is 14.2. The Morgan fingerprint density at radius 1 is 1.19 bits per heavy atom. The molecule has 134 valence electrons. The molecule has 3 aromatic rings. The van der Waals surface area contributed by atoms with Crippen LogP contribution in [0.2, 0.25) is 0 Å². The SMILES string of the molecule is C[C@H](Oc1ccccc1F)C(=O)NCCc1nc(-c2ccccc2)no1. The maximum absolute atomic E-state index is 13.5. The first-order chi connectivity index (χ1) is 12.6. The van der Waals surface area contributed by atoms with Gasteiger partial charge in [-0.2, -0.15) is 4.98 Å². The van der Waals surface area contributed by atoms with Crippen molar-refractivity contribution in [1.29, 1.82) is 0 Å². The Morgan fingerprint density at radius 3 is 2.69 bits per heavy atom. The number of benzene rings is 2. The molecule has 26 heavy (non-hydrogen) atoms. The van der Waals surface area contributed by atoms with Crippen LogP contribution in [0.3, 0.4) is 0 Å². The smallest absolute Gasteiger partial charge is 0.260 e. The number of aromatic nitrogens is 2. The van der Waals surface area contributed by atoms with Crippen molar-refractivity contribution < 1.29 is 18.4 Å². The lowest BCUT2D eigenvalue weighted by molar-refractivity contribution is -0.127. The quantitative estimate of drug-likeness (QED) is 0.705. The van der Waals surface area contributed by atoms with Crippen molar-refractivity contribution in [3.05, 3.63) is 66.3 Å². The zero-order valence-corrected chi connectivity index (χ0v) is 14.2. The third-order valence-corrected chi connectivity index (χ3v) is 3.65. The summed E-state index contributed by atoms with van der Waals surface area (Å²) in [5, 5.41) is 6.63. The summed E-state index contributed by atoms with van der Waals surface area (Å²) in [4.78, 5) is 16.3. The van der Waals surface area contributed by atoms with Gasteiger partial charge in [0.25, 0.3) is 5.91 Å². The van der Waals surface area contributed by atoms with Gasteiger partial charge in [0.05, 0.1) is 0 Å². The van der Waals surface area contributed by atoms with E-state index < -0.39 is 11.9 Å². The summed E-state index contributed by atoms with van der Waals surface area (Å²) in [6.45, 7) is 1.86. The van der Waals surface area contributed by atoms with Crippen LogP contribution in [0.15, 0.2) is 59.1 Å². The predicted molar refractivity (Wildman–Crippen MR) is 92.9 cm³/mol. The van der Waals surface area contributed by atoms with Crippen LogP contribution in [-0.4, -0.2) is 28.7 Å². The number of amides is 1. The van der Waals surface area contributed by atoms with Crippen LogP contribution in [-0.2, 0) is 11.2 Å². The van der Waals surface area contributed by atoms with Gasteiger partial charge >= 0.3 is 0 Å². The molecule has 1 N–H and O–H groups in total. The molecule has 7 heteroatoms. The van der Waals surface area contributed by atoms with Gasteiger partial charge < -0.3 is 14.6 Å². The summed E-state index contributed by atoms with van der Waals surface area (Å²) in [6, 6.07) is 15.4. The van der Waals surface area contributed by atoms with E-state index in [2.05, 4.69) is 15.5 Å². The minimum atomic E-state index is -0.825. The topological polar surface area (TPSA) is 77.2 Å². The van der Waals surface area contributed by atoms with Gasteiger partial charge in [-0.05, 0) is 19.1 Å². The molecule has 0 aliphatic carbocycles. The van der Waals surface area contributed by atoms with Crippen molar-refractivity contribution >= 4 is 5.91 Å². The van der Waals surface area contributed by atoms with Gasteiger partial charge in [-0.3, -0.25) is 4.79 Å². The number of nitrogens with zero attached hydrogens (tertiary/aromatic N) is 2. The molecule has 0 saturated carbocycles. The van der Waals surface area contributed by atoms with Crippen LogP contribution in [0.4, 0.5) is 4.39 Å². The van der Waals surface area contributed by atoms with Crippen molar-refractivity contribution in [2.75, 3.05) is 6.54 Å².